The van der Waals surface area contributed by atoms with Crippen LogP contribution >= 0.6 is 0 Å². The van der Waals surface area contributed by atoms with E-state index in [1.54, 1.807) is 6.20 Å². The lowest BCUT2D eigenvalue weighted by atomic mass is 10.0. The Hall–Kier alpha value is -1.69. The molecule has 1 atom stereocenters. The van der Waals surface area contributed by atoms with E-state index in [2.05, 4.69) is 21.9 Å². The Kier molecular flexibility index (Phi) is 4.77. The summed E-state index contributed by atoms with van der Waals surface area (Å²) in [4.78, 5) is 24.4. The SMILES string of the molecule is CC(C)c1ncc(N(C)C2CCCN(C)C2)c(C(=O)O)n1. The minimum Gasteiger partial charge on any atom is -0.476 e. The number of carboxylic acid groups (broad SMARTS) is 1. The van der Waals surface area contributed by atoms with Crippen LogP contribution in [0, 0.1) is 0 Å². The van der Waals surface area contributed by atoms with Crippen LogP contribution in [0.2, 0.25) is 0 Å². The summed E-state index contributed by atoms with van der Waals surface area (Å²) in [6.45, 7) is 5.95. The van der Waals surface area contributed by atoms with Crippen LogP contribution in [-0.2, 0) is 0 Å². The maximum Gasteiger partial charge on any atom is 0.356 e. The number of likely N-dealkylation sites (tertiary alicyclic amines) is 1. The number of carbonyl (C=O) groups is 1. The second-order valence-corrected chi connectivity index (χ2v) is 6.09. The fourth-order valence-electron chi connectivity index (χ4n) is 2.73. The molecule has 0 bridgehead atoms. The third-order valence-corrected chi connectivity index (χ3v) is 4.03. The van der Waals surface area contributed by atoms with Gasteiger partial charge >= 0.3 is 5.97 Å². The molecule has 1 N–H and O–H groups in total. The molecule has 6 nitrogen and oxygen atoms in total. The van der Waals surface area contributed by atoms with Gasteiger partial charge in [-0.1, -0.05) is 13.8 Å². The van der Waals surface area contributed by atoms with Crippen LogP contribution in [0.15, 0.2) is 6.20 Å². The average molecular weight is 292 g/mol. The van der Waals surface area contributed by atoms with E-state index in [0.717, 1.165) is 25.9 Å². The summed E-state index contributed by atoms with van der Waals surface area (Å²) >= 11 is 0. The third-order valence-electron chi connectivity index (χ3n) is 4.03. The lowest BCUT2D eigenvalue weighted by Gasteiger charge is -2.37. The number of rotatable bonds is 4. The Morgan fingerprint density at radius 1 is 1.52 bits per heavy atom. The molecule has 0 amide bonds. The van der Waals surface area contributed by atoms with Gasteiger partial charge in [-0.3, -0.25) is 0 Å². The predicted molar refractivity (Wildman–Crippen MR) is 82.0 cm³/mol. The van der Waals surface area contributed by atoms with Crippen LogP contribution in [0.3, 0.4) is 0 Å². The van der Waals surface area contributed by atoms with Gasteiger partial charge in [0.05, 0.1) is 11.9 Å². The first-order chi connectivity index (χ1) is 9.90. The fourth-order valence-corrected chi connectivity index (χ4v) is 2.73. The smallest absolute Gasteiger partial charge is 0.356 e. The molecule has 21 heavy (non-hydrogen) atoms. The molecule has 1 saturated heterocycles. The molecule has 6 heteroatoms. The predicted octanol–water partition coefficient (Wildman–Crippen LogP) is 1.83. The summed E-state index contributed by atoms with van der Waals surface area (Å²) in [6, 6.07) is 0.301. The topological polar surface area (TPSA) is 69.6 Å². The van der Waals surface area contributed by atoms with Crippen molar-refractivity contribution in [3.63, 3.8) is 0 Å². The Labute approximate surface area is 125 Å². The number of likely N-dealkylation sites (N-methyl/N-ethyl adjacent to an activating group) is 2. The van der Waals surface area contributed by atoms with Crippen LogP contribution in [0.5, 0.6) is 0 Å². The van der Waals surface area contributed by atoms with Gasteiger partial charge in [0.1, 0.15) is 5.82 Å². The Bertz CT molecular complexity index is 518. The van der Waals surface area contributed by atoms with Crippen molar-refractivity contribution in [3.05, 3.63) is 17.7 Å². The Morgan fingerprint density at radius 3 is 2.81 bits per heavy atom. The van der Waals surface area contributed by atoms with E-state index in [1.165, 1.54) is 0 Å². The van der Waals surface area contributed by atoms with E-state index in [9.17, 15) is 9.90 Å². The summed E-state index contributed by atoms with van der Waals surface area (Å²) in [5.41, 5.74) is 0.705. The molecule has 0 radical (unpaired) electrons. The fraction of sp³-hybridized carbons (Fsp3) is 0.667. The van der Waals surface area contributed by atoms with Crippen LogP contribution in [0.25, 0.3) is 0 Å². The number of aromatic nitrogens is 2. The standard InChI is InChI=1S/C15H24N4O2/c1-10(2)14-16-8-12(13(17-14)15(20)21)19(4)11-6-5-7-18(3)9-11/h8,10-11H,5-7,9H2,1-4H3,(H,20,21). The molecular formula is C15H24N4O2. The lowest BCUT2D eigenvalue weighted by Crippen LogP contribution is -2.45. The largest absolute Gasteiger partial charge is 0.476 e. The van der Waals surface area contributed by atoms with Crippen LogP contribution in [0.1, 0.15) is 48.9 Å². The van der Waals surface area contributed by atoms with Gasteiger partial charge in [0.2, 0.25) is 0 Å². The van der Waals surface area contributed by atoms with Gasteiger partial charge in [-0.25, -0.2) is 14.8 Å². The van der Waals surface area contributed by atoms with Gasteiger partial charge in [-0.2, -0.15) is 0 Å². The molecule has 1 aliphatic rings. The van der Waals surface area contributed by atoms with E-state index in [-0.39, 0.29) is 11.6 Å². The summed E-state index contributed by atoms with van der Waals surface area (Å²) in [7, 11) is 4.03. The van der Waals surface area contributed by atoms with Crippen molar-refractivity contribution in [1.29, 1.82) is 0 Å². The highest BCUT2D eigenvalue weighted by molar-refractivity contribution is 5.92. The van der Waals surface area contributed by atoms with E-state index >= 15 is 0 Å². The van der Waals surface area contributed by atoms with Gasteiger partial charge in [0.25, 0.3) is 0 Å². The van der Waals surface area contributed by atoms with Gasteiger partial charge < -0.3 is 14.9 Å². The molecule has 1 aromatic rings. The molecule has 1 unspecified atom stereocenters. The van der Waals surface area contributed by atoms with Crippen molar-refractivity contribution in [2.75, 3.05) is 32.1 Å². The van der Waals surface area contributed by atoms with E-state index < -0.39 is 5.97 Å². The molecule has 1 fully saturated rings. The molecule has 0 aromatic carbocycles. The second kappa shape index (κ2) is 6.39. The van der Waals surface area contributed by atoms with E-state index in [4.69, 9.17) is 0 Å². The summed E-state index contributed by atoms with van der Waals surface area (Å²) in [5, 5.41) is 9.44. The first-order valence-corrected chi connectivity index (χ1v) is 7.41. The number of aromatic carboxylic acids is 1. The summed E-state index contributed by atoms with van der Waals surface area (Å²) in [5.74, 6) is -0.307. The van der Waals surface area contributed by atoms with Crippen molar-refractivity contribution in [1.82, 2.24) is 14.9 Å². The van der Waals surface area contributed by atoms with Gasteiger partial charge in [-0.05, 0) is 26.4 Å². The number of anilines is 1. The number of nitrogens with zero attached hydrogens (tertiary/aromatic N) is 4. The zero-order valence-corrected chi connectivity index (χ0v) is 13.2. The normalized spacial score (nSPS) is 19.8. The van der Waals surface area contributed by atoms with Crippen LogP contribution < -0.4 is 4.90 Å². The van der Waals surface area contributed by atoms with Crippen molar-refractivity contribution < 1.29 is 9.90 Å². The molecule has 2 rings (SSSR count). The molecule has 116 valence electrons. The maximum atomic E-state index is 11.5. The highest BCUT2D eigenvalue weighted by atomic mass is 16.4. The second-order valence-electron chi connectivity index (χ2n) is 6.09. The zero-order chi connectivity index (χ0) is 15.6. The first-order valence-electron chi connectivity index (χ1n) is 7.41. The van der Waals surface area contributed by atoms with E-state index in [1.807, 2.05) is 25.8 Å². The number of hydrogen-bond acceptors (Lipinski definition) is 5. The third kappa shape index (κ3) is 3.50. The van der Waals surface area contributed by atoms with Crippen LogP contribution in [-0.4, -0.2) is 59.2 Å². The number of carboxylic acids is 1. The molecule has 0 saturated carbocycles. The number of piperidine rings is 1. The van der Waals surface area contributed by atoms with Gasteiger partial charge in [0, 0.05) is 25.6 Å². The highest BCUT2D eigenvalue weighted by Gasteiger charge is 2.26. The minimum absolute atomic E-state index is 0.101. The van der Waals surface area contributed by atoms with Crippen molar-refractivity contribution in [2.24, 2.45) is 0 Å². The van der Waals surface area contributed by atoms with E-state index in [0.29, 0.717) is 17.6 Å². The molecular weight excluding hydrogens is 268 g/mol. The highest BCUT2D eigenvalue weighted by Crippen LogP contribution is 2.24. The summed E-state index contributed by atoms with van der Waals surface area (Å²) < 4.78 is 0. The van der Waals surface area contributed by atoms with Gasteiger partial charge in [-0.15, -0.1) is 0 Å². The minimum atomic E-state index is -0.995. The Morgan fingerprint density at radius 2 is 2.24 bits per heavy atom. The molecule has 0 spiro atoms. The van der Waals surface area contributed by atoms with Gasteiger partial charge in [0.15, 0.2) is 5.69 Å². The monoisotopic (exact) mass is 292 g/mol. The molecule has 1 aromatic heterocycles. The molecule has 0 aliphatic carbocycles. The van der Waals surface area contributed by atoms with Crippen LogP contribution in [0.4, 0.5) is 5.69 Å². The lowest BCUT2D eigenvalue weighted by molar-refractivity contribution is 0.0690. The van der Waals surface area contributed by atoms with Crippen molar-refractivity contribution >= 4 is 11.7 Å². The molecule has 1 aliphatic heterocycles. The zero-order valence-electron chi connectivity index (χ0n) is 13.2. The Balaban J connectivity index is 2.31. The summed E-state index contributed by atoms with van der Waals surface area (Å²) in [6.07, 6.45) is 3.84. The molecule has 2 heterocycles. The van der Waals surface area contributed by atoms with Crippen molar-refractivity contribution in [3.8, 4) is 0 Å². The average Bonchev–Trinajstić information content (AvgIpc) is 2.45. The first kappa shape index (κ1) is 15.7. The number of hydrogen-bond donors (Lipinski definition) is 1. The quantitative estimate of drug-likeness (QED) is 0.913. The maximum absolute atomic E-state index is 11.5. The van der Waals surface area contributed by atoms with Crippen molar-refractivity contribution in [2.45, 2.75) is 38.6 Å².